The third-order valence-corrected chi connectivity index (χ3v) is 10.2. The Bertz CT molecular complexity index is 1510. The zero-order valence-electron chi connectivity index (χ0n) is 26.3. The highest BCUT2D eigenvalue weighted by atomic mass is 35.5. The van der Waals surface area contributed by atoms with Crippen LogP contribution < -0.4 is 4.74 Å². The zero-order chi connectivity index (χ0) is 32.4. The molecule has 4 aliphatic rings. The highest BCUT2D eigenvalue weighted by Gasteiger charge is 2.50. The third-order valence-electron chi connectivity index (χ3n) is 10.2. The molecule has 2 aliphatic carbocycles. The number of phenols is 2. The van der Waals surface area contributed by atoms with Crippen LogP contribution in [0.2, 0.25) is 0 Å². The number of halogens is 1. The summed E-state index contributed by atoms with van der Waals surface area (Å²) in [5, 5.41) is 56.6. The van der Waals surface area contributed by atoms with Crippen molar-refractivity contribution in [1.82, 2.24) is 4.90 Å². The molecule has 2 aromatic rings. The first kappa shape index (κ1) is 34.5. The summed E-state index contributed by atoms with van der Waals surface area (Å²) in [4.78, 5) is 29.7. The SMILES string of the molecule is COc1cccc2c1C(=O)c1c(O)c3c(c(O)c1C2=O)C[C@@](O)(C(C)O)C[C@@H]3OC1CC(N2CCC(OC)CC2)C(O)C(C)O1.Cl. The molecule has 7 atom stereocenters. The average Bonchev–Trinajstić information content (AvgIpc) is 3.02. The molecule has 46 heavy (non-hydrogen) atoms. The number of ketones is 2. The van der Waals surface area contributed by atoms with E-state index in [0.29, 0.717) is 0 Å². The van der Waals surface area contributed by atoms with Gasteiger partial charge in [-0.05, 0) is 32.8 Å². The molecule has 2 aromatic carbocycles. The van der Waals surface area contributed by atoms with Crippen LogP contribution >= 0.6 is 12.4 Å². The minimum absolute atomic E-state index is 0. The van der Waals surface area contributed by atoms with Gasteiger partial charge in [-0.15, -0.1) is 12.4 Å². The molecule has 6 rings (SSSR count). The van der Waals surface area contributed by atoms with Crippen LogP contribution in [0.1, 0.15) is 88.6 Å². The molecule has 2 aliphatic heterocycles. The Balaban J connectivity index is 0.00000417. The Morgan fingerprint density at radius 2 is 1.72 bits per heavy atom. The minimum atomic E-state index is -1.81. The van der Waals surface area contributed by atoms with Gasteiger partial charge in [0.1, 0.15) is 17.2 Å². The lowest BCUT2D eigenvalue weighted by atomic mass is 9.71. The molecule has 5 unspecified atom stereocenters. The molecule has 0 radical (unpaired) electrons. The number of aliphatic hydroxyl groups excluding tert-OH is 2. The van der Waals surface area contributed by atoms with Crippen LogP contribution in [0.3, 0.4) is 0 Å². The summed E-state index contributed by atoms with van der Waals surface area (Å²) in [5.41, 5.74) is -2.54. The highest BCUT2D eigenvalue weighted by molar-refractivity contribution is 6.31. The van der Waals surface area contributed by atoms with E-state index in [2.05, 4.69) is 4.90 Å². The van der Waals surface area contributed by atoms with Gasteiger partial charge in [-0.2, -0.15) is 0 Å². The van der Waals surface area contributed by atoms with Crippen molar-refractivity contribution in [3.05, 3.63) is 51.6 Å². The van der Waals surface area contributed by atoms with Crippen LogP contribution in [0, 0.1) is 0 Å². The molecule has 5 N–H and O–H groups in total. The second-order valence-electron chi connectivity index (χ2n) is 12.7. The summed E-state index contributed by atoms with van der Waals surface area (Å²) in [6, 6.07) is 4.22. The molecular formula is C33H42ClNO11. The Labute approximate surface area is 273 Å². The van der Waals surface area contributed by atoms with Crippen LogP contribution in [0.5, 0.6) is 17.2 Å². The van der Waals surface area contributed by atoms with Gasteiger partial charge in [0.25, 0.3) is 0 Å². The molecule has 2 saturated heterocycles. The van der Waals surface area contributed by atoms with Crippen molar-refractivity contribution in [1.29, 1.82) is 0 Å². The number of carbonyl (C=O) groups excluding carboxylic acids is 2. The average molecular weight is 664 g/mol. The van der Waals surface area contributed by atoms with Crippen molar-refractivity contribution in [2.75, 3.05) is 27.3 Å². The van der Waals surface area contributed by atoms with E-state index in [1.807, 2.05) is 0 Å². The molecule has 0 amide bonds. The van der Waals surface area contributed by atoms with E-state index in [9.17, 15) is 35.1 Å². The Morgan fingerprint density at radius 1 is 1.04 bits per heavy atom. The maximum Gasteiger partial charge on any atom is 0.202 e. The maximum atomic E-state index is 13.9. The number of piperidine rings is 1. The summed E-state index contributed by atoms with van der Waals surface area (Å²) >= 11 is 0. The quantitative estimate of drug-likeness (QED) is 0.244. The predicted molar refractivity (Wildman–Crippen MR) is 166 cm³/mol. The van der Waals surface area contributed by atoms with Crippen molar-refractivity contribution >= 4 is 24.0 Å². The molecule has 13 heteroatoms. The molecule has 12 nitrogen and oxygen atoms in total. The van der Waals surface area contributed by atoms with E-state index in [1.165, 1.54) is 26.2 Å². The number of carbonyl (C=O) groups is 2. The molecule has 2 heterocycles. The second-order valence-corrected chi connectivity index (χ2v) is 12.7. The first-order valence-corrected chi connectivity index (χ1v) is 15.4. The fraction of sp³-hybridized carbons (Fsp3) is 0.576. The van der Waals surface area contributed by atoms with E-state index in [1.54, 1.807) is 20.1 Å². The number of phenolic OH excluding ortho intramolecular Hbond substituents is 2. The number of hydrogen-bond acceptors (Lipinski definition) is 12. The van der Waals surface area contributed by atoms with Crippen LogP contribution in [0.4, 0.5) is 0 Å². The molecule has 252 valence electrons. The Hall–Kier alpha value is -2.81. The molecule has 0 spiro atoms. The number of benzene rings is 2. The predicted octanol–water partition coefficient (Wildman–Crippen LogP) is 2.39. The van der Waals surface area contributed by atoms with Gasteiger partial charge in [-0.1, -0.05) is 12.1 Å². The number of likely N-dealkylation sites (tertiary alicyclic amines) is 1. The fourth-order valence-electron chi connectivity index (χ4n) is 7.48. The number of aromatic hydroxyl groups is 2. The van der Waals surface area contributed by atoms with Crippen molar-refractivity contribution in [2.45, 2.75) is 94.4 Å². The first-order chi connectivity index (χ1) is 21.4. The van der Waals surface area contributed by atoms with Crippen LogP contribution in [-0.4, -0.2) is 112 Å². The normalized spacial score (nSPS) is 30.5. The van der Waals surface area contributed by atoms with Gasteiger partial charge in [0, 0.05) is 62.2 Å². The van der Waals surface area contributed by atoms with Gasteiger partial charge in [-0.25, -0.2) is 0 Å². The lowest BCUT2D eigenvalue weighted by Gasteiger charge is -2.47. The van der Waals surface area contributed by atoms with Gasteiger partial charge in [0.05, 0.1) is 59.9 Å². The summed E-state index contributed by atoms with van der Waals surface area (Å²) in [6.45, 7) is 4.58. The topological polar surface area (TPSA) is 175 Å². The lowest BCUT2D eigenvalue weighted by Crippen LogP contribution is -2.57. The summed E-state index contributed by atoms with van der Waals surface area (Å²) in [5.74, 6) is -2.35. The highest BCUT2D eigenvalue weighted by Crippen LogP contribution is 2.53. The third kappa shape index (κ3) is 5.58. The smallest absolute Gasteiger partial charge is 0.202 e. The monoisotopic (exact) mass is 663 g/mol. The number of methoxy groups -OCH3 is 2. The van der Waals surface area contributed by atoms with Crippen LogP contribution in [0.15, 0.2) is 18.2 Å². The number of fused-ring (bicyclic) bond motifs is 3. The fourth-order valence-corrected chi connectivity index (χ4v) is 7.48. The number of aliphatic hydroxyl groups is 3. The van der Waals surface area contributed by atoms with E-state index in [-0.39, 0.29) is 82.9 Å². The van der Waals surface area contributed by atoms with Crippen LogP contribution in [0.25, 0.3) is 0 Å². The van der Waals surface area contributed by atoms with Gasteiger partial charge in [0.15, 0.2) is 12.1 Å². The van der Waals surface area contributed by atoms with E-state index in [4.69, 9.17) is 18.9 Å². The van der Waals surface area contributed by atoms with Crippen molar-refractivity contribution < 1.29 is 54.1 Å². The molecule has 2 fully saturated rings. The largest absolute Gasteiger partial charge is 0.507 e. The summed E-state index contributed by atoms with van der Waals surface area (Å²) in [6.07, 6.45) is -3.20. The van der Waals surface area contributed by atoms with E-state index < -0.39 is 59.4 Å². The first-order valence-electron chi connectivity index (χ1n) is 15.4. The minimum Gasteiger partial charge on any atom is -0.507 e. The lowest BCUT2D eigenvalue weighted by molar-refractivity contribution is -0.262. The van der Waals surface area contributed by atoms with Gasteiger partial charge >= 0.3 is 0 Å². The van der Waals surface area contributed by atoms with Gasteiger partial charge < -0.3 is 44.5 Å². The Kier molecular flexibility index (Phi) is 9.76. The van der Waals surface area contributed by atoms with Crippen molar-refractivity contribution in [3.63, 3.8) is 0 Å². The van der Waals surface area contributed by atoms with Crippen molar-refractivity contribution in [2.24, 2.45) is 0 Å². The summed E-state index contributed by atoms with van der Waals surface area (Å²) in [7, 11) is 3.05. The van der Waals surface area contributed by atoms with Gasteiger partial charge in [-0.3, -0.25) is 14.5 Å². The number of nitrogens with zero attached hydrogens (tertiary/aromatic N) is 1. The molecular weight excluding hydrogens is 622 g/mol. The number of ether oxygens (including phenoxy) is 4. The van der Waals surface area contributed by atoms with Crippen molar-refractivity contribution in [3.8, 4) is 17.2 Å². The molecule has 0 saturated carbocycles. The van der Waals surface area contributed by atoms with E-state index in [0.717, 1.165) is 25.9 Å². The number of rotatable bonds is 6. The maximum absolute atomic E-state index is 13.9. The standard InChI is InChI=1S/C33H41NO11.ClH/c1-15-28(36)20(34-10-8-17(42-3)9-11-34)12-23(44-15)45-22-14-33(41,16(2)35)13-19-25(22)32(40)27-26(30(19)38)29(37)18-6-5-7-21(43-4)24(18)31(27)39;/h5-7,15-17,20,22-23,28,35-36,38,40-41H,8-14H2,1-4H3;1H/t15?,16?,20?,22-,23?,28?,33-;/m0./s1. The van der Waals surface area contributed by atoms with Gasteiger partial charge in [0.2, 0.25) is 5.78 Å². The molecule has 0 bridgehead atoms. The summed E-state index contributed by atoms with van der Waals surface area (Å²) < 4.78 is 23.3. The van der Waals surface area contributed by atoms with Crippen LogP contribution in [-0.2, 0) is 20.6 Å². The Morgan fingerprint density at radius 3 is 2.35 bits per heavy atom. The molecule has 0 aromatic heterocycles. The number of hydrogen-bond donors (Lipinski definition) is 5. The second kappa shape index (κ2) is 13.0. The zero-order valence-corrected chi connectivity index (χ0v) is 27.1. The van der Waals surface area contributed by atoms with E-state index >= 15 is 0 Å².